The maximum absolute atomic E-state index is 12.5. The maximum Gasteiger partial charge on any atom is 0.331 e. The molecule has 7 nitrogen and oxygen atoms in total. The summed E-state index contributed by atoms with van der Waals surface area (Å²) in [5.74, 6) is -0.157. The molecule has 1 fully saturated rings. The van der Waals surface area contributed by atoms with Gasteiger partial charge in [0.1, 0.15) is 5.75 Å². The summed E-state index contributed by atoms with van der Waals surface area (Å²) in [4.78, 5) is 26.0. The zero-order valence-corrected chi connectivity index (χ0v) is 17.8. The lowest BCUT2D eigenvalue weighted by Gasteiger charge is -2.28. The van der Waals surface area contributed by atoms with E-state index in [0.29, 0.717) is 19.6 Å². The fourth-order valence-electron chi connectivity index (χ4n) is 3.13. The van der Waals surface area contributed by atoms with Gasteiger partial charge in [-0.1, -0.05) is 25.5 Å². The van der Waals surface area contributed by atoms with Gasteiger partial charge in [-0.15, -0.1) is 0 Å². The molecule has 1 saturated heterocycles. The van der Waals surface area contributed by atoms with Crippen molar-refractivity contribution in [3.05, 3.63) is 35.9 Å². The van der Waals surface area contributed by atoms with E-state index in [1.165, 1.54) is 6.08 Å². The Kier molecular flexibility index (Phi) is 8.70. The summed E-state index contributed by atoms with van der Waals surface area (Å²) in [5, 5.41) is 0. The van der Waals surface area contributed by atoms with Crippen molar-refractivity contribution in [1.82, 2.24) is 4.90 Å². The number of ether oxygens (including phenoxy) is 2. The molecule has 0 spiro atoms. The summed E-state index contributed by atoms with van der Waals surface area (Å²) >= 11 is 0. The van der Waals surface area contributed by atoms with Crippen LogP contribution in [0.3, 0.4) is 0 Å². The highest BCUT2D eigenvalue weighted by Gasteiger charge is 2.34. The highest BCUT2D eigenvalue weighted by Crippen LogP contribution is 2.19. The number of unbranched alkanes of at least 4 members (excludes halogenated alkanes) is 1. The summed E-state index contributed by atoms with van der Waals surface area (Å²) in [6.45, 7) is 4.55. The van der Waals surface area contributed by atoms with Crippen LogP contribution in [0.2, 0.25) is 0 Å². The molecule has 0 aliphatic carbocycles. The number of amides is 1. The third-order valence-electron chi connectivity index (χ3n) is 4.66. The molecule has 1 aliphatic rings. The van der Waals surface area contributed by atoms with Gasteiger partial charge in [-0.3, -0.25) is 4.79 Å². The van der Waals surface area contributed by atoms with Crippen molar-refractivity contribution in [3.8, 4) is 5.75 Å². The Morgan fingerprint density at radius 1 is 1.21 bits per heavy atom. The predicted molar refractivity (Wildman–Crippen MR) is 111 cm³/mol. The molecule has 1 amide bonds. The minimum atomic E-state index is -3.10. The van der Waals surface area contributed by atoms with Crippen molar-refractivity contribution in [2.75, 3.05) is 31.3 Å². The molecule has 1 unspecified atom stereocenters. The van der Waals surface area contributed by atoms with Crippen molar-refractivity contribution < 1.29 is 27.5 Å². The van der Waals surface area contributed by atoms with Gasteiger partial charge in [-0.25, -0.2) is 13.2 Å². The van der Waals surface area contributed by atoms with Crippen LogP contribution in [0.5, 0.6) is 5.75 Å². The van der Waals surface area contributed by atoms with Gasteiger partial charge in [-0.2, -0.15) is 0 Å². The van der Waals surface area contributed by atoms with E-state index in [9.17, 15) is 18.0 Å². The number of hydrogen-bond donors (Lipinski definition) is 0. The van der Waals surface area contributed by atoms with E-state index < -0.39 is 22.4 Å². The number of nitrogens with zero attached hydrogens (tertiary/aromatic N) is 1. The number of sulfone groups is 1. The first-order valence-electron chi connectivity index (χ1n) is 9.92. The Bertz CT molecular complexity index is 816. The molecule has 1 heterocycles. The number of rotatable bonds is 10. The zero-order chi connectivity index (χ0) is 21.3. The molecule has 8 heteroatoms. The quantitative estimate of drug-likeness (QED) is 0.424. The third kappa shape index (κ3) is 7.53. The molecule has 0 N–H and O–H groups in total. The van der Waals surface area contributed by atoms with Crippen LogP contribution in [-0.2, 0) is 24.2 Å². The summed E-state index contributed by atoms with van der Waals surface area (Å²) < 4.78 is 33.9. The highest BCUT2D eigenvalue weighted by atomic mass is 32.2. The van der Waals surface area contributed by atoms with Crippen molar-refractivity contribution in [3.63, 3.8) is 0 Å². The normalized spacial score (nSPS) is 17.9. The number of esters is 1. The Morgan fingerprint density at radius 3 is 2.52 bits per heavy atom. The van der Waals surface area contributed by atoms with Crippen LogP contribution in [-0.4, -0.2) is 62.5 Å². The molecule has 1 aromatic carbocycles. The fourth-order valence-corrected chi connectivity index (χ4v) is 4.86. The second-order valence-electron chi connectivity index (χ2n) is 6.94. The molecule has 160 valence electrons. The molecule has 2 rings (SSSR count). The van der Waals surface area contributed by atoms with Gasteiger partial charge in [0.2, 0.25) is 0 Å². The summed E-state index contributed by atoms with van der Waals surface area (Å²) in [5.41, 5.74) is 0.803. The minimum Gasteiger partial charge on any atom is -0.494 e. The van der Waals surface area contributed by atoms with Gasteiger partial charge in [0, 0.05) is 18.7 Å². The van der Waals surface area contributed by atoms with Gasteiger partial charge in [0.15, 0.2) is 16.4 Å². The average Bonchev–Trinajstić information content (AvgIpc) is 3.05. The molecule has 29 heavy (non-hydrogen) atoms. The van der Waals surface area contributed by atoms with Crippen LogP contribution < -0.4 is 4.74 Å². The van der Waals surface area contributed by atoms with Crippen LogP contribution in [0, 0.1) is 0 Å². The number of carbonyl (C=O) groups is 2. The lowest BCUT2D eigenvalue weighted by molar-refractivity contribution is -0.149. The van der Waals surface area contributed by atoms with Crippen LogP contribution in [0.25, 0.3) is 6.08 Å². The highest BCUT2D eigenvalue weighted by molar-refractivity contribution is 7.91. The molecule has 0 bridgehead atoms. The summed E-state index contributed by atoms with van der Waals surface area (Å²) in [6, 6.07) is 6.90. The largest absolute Gasteiger partial charge is 0.494 e. The second-order valence-corrected chi connectivity index (χ2v) is 9.17. The van der Waals surface area contributed by atoms with Gasteiger partial charge >= 0.3 is 5.97 Å². The van der Waals surface area contributed by atoms with Gasteiger partial charge < -0.3 is 14.4 Å². The molecule has 0 saturated carbocycles. The molecule has 0 radical (unpaired) electrons. The number of carbonyl (C=O) groups excluding carboxylic acids is 2. The van der Waals surface area contributed by atoms with E-state index >= 15 is 0 Å². The topological polar surface area (TPSA) is 90.0 Å². The molecule has 1 aromatic rings. The second kappa shape index (κ2) is 11.0. The van der Waals surface area contributed by atoms with E-state index in [-0.39, 0.29) is 23.5 Å². The number of benzene rings is 1. The SMILES string of the molecule is CCCCN(C(=O)COC(=O)/C=C/c1ccc(OCC)cc1)C1CCS(=O)(=O)C1. The van der Waals surface area contributed by atoms with E-state index in [2.05, 4.69) is 0 Å². The van der Waals surface area contributed by atoms with Crippen molar-refractivity contribution in [2.24, 2.45) is 0 Å². The van der Waals surface area contributed by atoms with Crippen LogP contribution >= 0.6 is 0 Å². The lowest BCUT2D eigenvalue weighted by Crippen LogP contribution is -2.43. The first-order valence-corrected chi connectivity index (χ1v) is 11.7. The molecule has 1 aliphatic heterocycles. The molecule has 1 atom stereocenters. The smallest absolute Gasteiger partial charge is 0.331 e. The third-order valence-corrected chi connectivity index (χ3v) is 6.41. The van der Waals surface area contributed by atoms with Gasteiger partial charge in [0.05, 0.1) is 18.1 Å². The van der Waals surface area contributed by atoms with Gasteiger partial charge in [-0.05, 0) is 43.5 Å². The van der Waals surface area contributed by atoms with Gasteiger partial charge in [0.25, 0.3) is 5.91 Å². The first-order chi connectivity index (χ1) is 13.8. The standard InChI is InChI=1S/C21H29NO6S/c1-3-5-13-22(18-12-14-29(25,26)16-18)20(23)15-28-21(24)11-8-17-6-9-19(10-7-17)27-4-2/h6-11,18H,3-5,12-16H2,1-2H3/b11-8+. The van der Waals surface area contributed by atoms with Crippen LogP contribution in [0.4, 0.5) is 0 Å². The fraction of sp³-hybridized carbons (Fsp3) is 0.524. The monoisotopic (exact) mass is 423 g/mol. The average molecular weight is 424 g/mol. The first kappa shape index (κ1) is 22.9. The van der Waals surface area contributed by atoms with Crippen molar-refractivity contribution in [2.45, 2.75) is 39.2 Å². The number of hydrogen-bond acceptors (Lipinski definition) is 6. The van der Waals surface area contributed by atoms with Crippen molar-refractivity contribution in [1.29, 1.82) is 0 Å². The molecular formula is C21H29NO6S. The summed E-state index contributed by atoms with van der Waals surface area (Å²) in [6.07, 6.45) is 4.95. The van der Waals surface area contributed by atoms with E-state index in [1.807, 2.05) is 26.0 Å². The molecular weight excluding hydrogens is 394 g/mol. The Balaban J connectivity index is 1.88. The lowest BCUT2D eigenvalue weighted by atomic mass is 10.2. The van der Waals surface area contributed by atoms with Crippen molar-refractivity contribution >= 4 is 27.8 Å². The Morgan fingerprint density at radius 2 is 1.93 bits per heavy atom. The van der Waals surface area contributed by atoms with E-state index in [0.717, 1.165) is 24.2 Å². The molecule has 0 aromatic heterocycles. The zero-order valence-electron chi connectivity index (χ0n) is 17.0. The predicted octanol–water partition coefficient (Wildman–Crippen LogP) is 2.46. The maximum atomic E-state index is 12.5. The Hall–Kier alpha value is -2.35. The van der Waals surface area contributed by atoms with Crippen LogP contribution in [0.15, 0.2) is 30.3 Å². The minimum absolute atomic E-state index is 0.0198. The van der Waals surface area contributed by atoms with E-state index in [4.69, 9.17) is 9.47 Å². The summed E-state index contributed by atoms with van der Waals surface area (Å²) in [7, 11) is -3.10. The van der Waals surface area contributed by atoms with E-state index in [1.54, 1.807) is 23.1 Å². The Labute approximate surface area is 172 Å². The van der Waals surface area contributed by atoms with Crippen LogP contribution in [0.1, 0.15) is 38.7 Å².